The van der Waals surface area contributed by atoms with Gasteiger partial charge in [0.15, 0.2) is 23.7 Å². The van der Waals surface area contributed by atoms with Crippen molar-refractivity contribution in [3.63, 3.8) is 0 Å². The van der Waals surface area contributed by atoms with Crippen molar-refractivity contribution in [1.82, 2.24) is 0 Å². The minimum Gasteiger partial charge on any atom is -0.429 e. The molecule has 0 spiro atoms. The van der Waals surface area contributed by atoms with Gasteiger partial charge in [0, 0.05) is 29.2 Å². The van der Waals surface area contributed by atoms with E-state index in [4.69, 9.17) is 9.47 Å². The Balaban J connectivity index is 1.23. The first kappa shape index (κ1) is 35.3. The van der Waals surface area contributed by atoms with Gasteiger partial charge in [0.25, 0.3) is 0 Å². The van der Waals surface area contributed by atoms with Gasteiger partial charge in [-0.1, -0.05) is 50.5 Å². The normalized spacial score (nSPS) is 16.7. The van der Waals surface area contributed by atoms with Gasteiger partial charge in [-0.05, 0) is 60.2 Å². The maximum atomic E-state index is 15.1. The molecule has 0 aromatic heterocycles. The number of rotatable bonds is 12. The highest BCUT2D eigenvalue weighted by molar-refractivity contribution is 5.65. The Kier molecular flexibility index (Phi) is 11.0. The van der Waals surface area contributed by atoms with E-state index in [2.05, 4.69) is 11.7 Å². The molecule has 0 atom stereocenters. The van der Waals surface area contributed by atoms with Gasteiger partial charge in [-0.25, -0.2) is 30.7 Å². The second kappa shape index (κ2) is 15.0. The molecule has 256 valence electrons. The zero-order chi connectivity index (χ0) is 34.6. The van der Waals surface area contributed by atoms with Crippen LogP contribution in [0, 0.1) is 46.6 Å². The lowest BCUT2D eigenvalue weighted by atomic mass is 9.97. The van der Waals surface area contributed by atoms with E-state index in [1.54, 1.807) is 12.1 Å². The summed E-state index contributed by atoms with van der Waals surface area (Å²) in [5.41, 5.74) is -1.30. The summed E-state index contributed by atoms with van der Waals surface area (Å²) in [7, 11) is 0. The Labute approximate surface area is 271 Å². The van der Waals surface area contributed by atoms with E-state index in [-0.39, 0.29) is 30.5 Å². The average molecular weight is 683 g/mol. The molecular weight excluding hydrogens is 651 g/mol. The molecule has 3 nitrogen and oxygen atoms in total. The van der Waals surface area contributed by atoms with E-state index >= 15 is 4.39 Å². The Morgan fingerprint density at radius 1 is 0.708 bits per heavy atom. The van der Waals surface area contributed by atoms with Gasteiger partial charge < -0.3 is 14.2 Å². The molecule has 0 aliphatic carbocycles. The lowest BCUT2D eigenvalue weighted by Crippen LogP contribution is -2.27. The molecule has 0 bridgehead atoms. The fraction of sp³-hybridized carbons (Fsp3) is 0.333. The van der Waals surface area contributed by atoms with Crippen molar-refractivity contribution in [2.45, 2.75) is 57.8 Å². The summed E-state index contributed by atoms with van der Waals surface area (Å²) in [6.07, 6.45) is -0.647. The zero-order valence-electron chi connectivity index (χ0n) is 25.7. The Bertz CT molecular complexity index is 1710. The third kappa shape index (κ3) is 8.15. The van der Waals surface area contributed by atoms with Crippen LogP contribution in [0.25, 0.3) is 11.1 Å². The number of unbranched alkanes of at least 4 members (excludes halogenated alkanes) is 2. The van der Waals surface area contributed by atoms with Crippen molar-refractivity contribution in [3.8, 4) is 16.9 Å². The van der Waals surface area contributed by atoms with Gasteiger partial charge in [0.1, 0.15) is 34.6 Å². The molecule has 0 N–H and O–H groups in total. The Hall–Kier alpha value is -4.03. The van der Waals surface area contributed by atoms with Crippen LogP contribution in [0.1, 0.15) is 61.2 Å². The minimum absolute atomic E-state index is 0.0853. The number of alkyl halides is 2. The summed E-state index contributed by atoms with van der Waals surface area (Å²) in [6, 6.07) is 9.46. The molecule has 12 heteroatoms. The van der Waals surface area contributed by atoms with Crippen LogP contribution in [0.5, 0.6) is 5.75 Å². The van der Waals surface area contributed by atoms with Crippen molar-refractivity contribution < 1.29 is 53.7 Å². The first-order valence-corrected chi connectivity index (χ1v) is 15.4. The van der Waals surface area contributed by atoms with E-state index in [0.29, 0.717) is 48.0 Å². The standard InChI is InChI=1S/C36H31F9O3/c1-2-3-4-5-21-18-46-35(47-19-21)23-10-9-22(27(37)13-23)8-6-20-7-11-26(28(38)12-20)24-14-29(39)33(30(40)15-24)36(44,45)48-25-16-31(41)34(43)32(42)17-25/h7,9-17,21,35H,2-6,8,18-19H2,1H3. The molecule has 5 rings (SSSR count). The SMILES string of the molecule is CCCCCC1COC(c2ccc(CCc3ccc(-c4cc(F)c(C(F)(F)Oc5cc(F)c(F)c(F)c5)c(F)c4)c(F)c3)c(F)c2)OC1. The number of benzene rings is 4. The van der Waals surface area contributed by atoms with Crippen LogP contribution in [0.15, 0.2) is 60.7 Å². The molecule has 1 fully saturated rings. The predicted molar refractivity (Wildman–Crippen MR) is 159 cm³/mol. The van der Waals surface area contributed by atoms with Crippen molar-refractivity contribution >= 4 is 0 Å². The smallest absolute Gasteiger partial charge is 0.429 e. The largest absolute Gasteiger partial charge is 0.432 e. The molecule has 48 heavy (non-hydrogen) atoms. The van der Waals surface area contributed by atoms with Crippen LogP contribution >= 0.6 is 0 Å². The molecular formula is C36H31F9O3. The Morgan fingerprint density at radius 3 is 1.98 bits per heavy atom. The molecule has 1 aliphatic rings. The second-order valence-corrected chi connectivity index (χ2v) is 11.7. The molecule has 0 saturated carbocycles. The van der Waals surface area contributed by atoms with Gasteiger partial charge in [0.2, 0.25) is 0 Å². The summed E-state index contributed by atoms with van der Waals surface area (Å²) in [5.74, 6) is -11.7. The van der Waals surface area contributed by atoms with Crippen molar-refractivity contribution in [2.24, 2.45) is 5.92 Å². The molecule has 0 radical (unpaired) electrons. The van der Waals surface area contributed by atoms with Crippen LogP contribution in [-0.2, 0) is 28.4 Å². The maximum Gasteiger partial charge on any atom is 0.432 e. The van der Waals surface area contributed by atoms with Crippen molar-refractivity contribution in [2.75, 3.05) is 13.2 Å². The molecule has 0 amide bonds. The summed E-state index contributed by atoms with van der Waals surface area (Å²) in [6.45, 7) is 3.20. The van der Waals surface area contributed by atoms with Crippen LogP contribution in [0.4, 0.5) is 39.5 Å². The average Bonchev–Trinajstić information content (AvgIpc) is 3.03. The van der Waals surface area contributed by atoms with E-state index in [1.165, 1.54) is 18.2 Å². The van der Waals surface area contributed by atoms with Gasteiger partial charge in [0.05, 0.1) is 13.2 Å². The van der Waals surface area contributed by atoms with Crippen LogP contribution in [0.2, 0.25) is 0 Å². The fourth-order valence-electron chi connectivity index (χ4n) is 5.52. The summed E-state index contributed by atoms with van der Waals surface area (Å²) < 4.78 is 145. The third-order valence-electron chi connectivity index (χ3n) is 8.10. The highest BCUT2D eigenvalue weighted by Gasteiger charge is 2.41. The minimum atomic E-state index is -4.79. The quantitative estimate of drug-likeness (QED) is 0.0846. The third-order valence-corrected chi connectivity index (χ3v) is 8.10. The summed E-state index contributed by atoms with van der Waals surface area (Å²) in [4.78, 5) is 0. The molecule has 4 aromatic carbocycles. The molecule has 4 aromatic rings. The number of hydrogen-bond donors (Lipinski definition) is 0. The maximum absolute atomic E-state index is 15.1. The van der Waals surface area contributed by atoms with Gasteiger partial charge in [-0.15, -0.1) is 0 Å². The van der Waals surface area contributed by atoms with E-state index in [1.807, 2.05) is 0 Å². The molecule has 1 aliphatic heterocycles. The predicted octanol–water partition coefficient (Wildman–Crippen LogP) is 10.5. The molecule has 1 heterocycles. The van der Waals surface area contributed by atoms with E-state index < -0.39 is 70.0 Å². The van der Waals surface area contributed by atoms with Gasteiger partial charge in [-0.3, -0.25) is 0 Å². The highest BCUT2D eigenvalue weighted by Crippen LogP contribution is 2.38. The van der Waals surface area contributed by atoms with Crippen molar-refractivity contribution in [3.05, 3.63) is 124 Å². The number of ether oxygens (including phenoxy) is 3. The topological polar surface area (TPSA) is 27.7 Å². The molecule has 0 unspecified atom stereocenters. The Morgan fingerprint density at radius 2 is 1.38 bits per heavy atom. The van der Waals surface area contributed by atoms with Gasteiger partial charge in [-0.2, -0.15) is 8.78 Å². The van der Waals surface area contributed by atoms with E-state index in [0.717, 1.165) is 31.7 Å². The first-order chi connectivity index (χ1) is 22.9. The lowest BCUT2D eigenvalue weighted by Gasteiger charge is -2.29. The summed E-state index contributed by atoms with van der Waals surface area (Å²) in [5, 5.41) is 0. The number of aryl methyl sites for hydroxylation is 2. The monoisotopic (exact) mass is 682 g/mol. The van der Waals surface area contributed by atoms with E-state index in [9.17, 15) is 35.1 Å². The van der Waals surface area contributed by atoms with Crippen LogP contribution in [0.3, 0.4) is 0 Å². The second-order valence-electron chi connectivity index (χ2n) is 11.7. The fourth-order valence-corrected chi connectivity index (χ4v) is 5.52. The molecule has 1 saturated heterocycles. The number of hydrogen-bond acceptors (Lipinski definition) is 3. The first-order valence-electron chi connectivity index (χ1n) is 15.4. The number of halogens is 9. The van der Waals surface area contributed by atoms with Crippen molar-refractivity contribution in [1.29, 1.82) is 0 Å². The zero-order valence-corrected chi connectivity index (χ0v) is 25.7. The highest BCUT2D eigenvalue weighted by atomic mass is 19.3. The van der Waals surface area contributed by atoms with Crippen LogP contribution in [-0.4, -0.2) is 13.2 Å². The van der Waals surface area contributed by atoms with Crippen LogP contribution < -0.4 is 4.74 Å². The lowest BCUT2D eigenvalue weighted by molar-refractivity contribution is -0.206. The van der Waals surface area contributed by atoms with Gasteiger partial charge >= 0.3 is 6.11 Å². The summed E-state index contributed by atoms with van der Waals surface area (Å²) >= 11 is 0.